The first kappa shape index (κ1) is 29.8. The standard InChI is InChI=1S/C28H43N5O6Si/c1-28(2,3)39-26(36)30-20-14-19(15-20)29-18-8-9-21-23(16-18)31(4)27(37)33(21)22-10-11-24(34)32(25(22)35)17-38-12-13-40(5,6)7/h8-9,16,19-20,22,29H,10-15,17H2,1-7H3,(H,30,36)/t19-,20-,22?. The number of imidazole rings is 1. The van der Waals surface area contributed by atoms with Crippen molar-refractivity contribution in [2.45, 2.75) is 95.9 Å². The summed E-state index contributed by atoms with van der Waals surface area (Å²) in [5.74, 6) is -0.673. The maximum absolute atomic E-state index is 13.4. The van der Waals surface area contributed by atoms with Crippen molar-refractivity contribution in [3.63, 3.8) is 0 Å². The van der Waals surface area contributed by atoms with Gasteiger partial charge >= 0.3 is 11.8 Å². The summed E-state index contributed by atoms with van der Waals surface area (Å²) in [6, 6.07) is 6.03. The van der Waals surface area contributed by atoms with Gasteiger partial charge in [-0.3, -0.25) is 23.6 Å². The minimum Gasteiger partial charge on any atom is -0.444 e. The molecule has 12 heteroatoms. The Morgan fingerprint density at radius 2 is 1.77 bits per heavy atom. The quantitative estimate of drug-likeness (QED) is 0.266. The van der Waals surface area contributed by atoms with Crippen molar-refractivity contribution in [3.05, 3.63) is 28.7 Å². The average Bonchev–Trinajstić information content (AvgIpc) is 3.05. The van der Waals surface area contributed by atoms with Crippen LogP contribution in [0.25, 0.3) is 11.0 Å². The molecule has 1 atom stereocenters. The van der Waals surface area contributed by atoms with E-state index in [2.05, 4.69) is 30.3 Å². The van der Waals surface area contributed by atoms with Gasteiger partial charge in [-0.25, -0.2) is 9.59 Å². The van der Waals surface area contributed by atoms with Crippen LogP contribution >= 0.6 is 0 Å². The fourth-order valence-electron chi connectivity index (χ4n) is 5.05. The van der Waals surface area contributed by atoms with Crippen molar-refractivity contribution in [1.29, 1.82) is 0 Å². The van der Waals surface area contributed by atoms with E-state index in [1.807, 2.05) is 39.0 Å². The number of anilines is 1. The minimum atomic E-state index is -1.30. The molecule has 2 N–H and O–H groups in total. The summed E-state index contributed by atoms with van der Waals surface area (Å²) in [6.45, 7) is 12.6. The highest BCUT2D eigenvalue weighted by Crippen LogP contribution is 2.30. The zero-order valence-corrected chi connectivity index (χ0v) is 25.7. The molecule has 3 amide bonds. The van der Waals surface area contributed by atoms with E-state index in [0.717, 1.165) is 29.5 Å². The van der Waals surface area contributed by atoms with Crippen molar-refractivity contribution in [2.75, 3.05) is 18.7 Å². The van der Waals surface area contributed by atoms with E-state index in [1.165, 1.54) is 9.13 Å². The SMILES string of the molecule is Cn1c(=O)n(C2CCC(=O)N(COCC[Si](C)(C)C)C2=O)c2ccc(N[C@H]3C[C@H](NC(=O)OC(C)(C)C)C3)cc21. The molecule has 2 aliphatic rings. The zero-order chi connectivity index (χ0) is 29.4. The van der Waals surface area contributed by atoms with E-state index in [1.54, 1.807) is 7.05 Å². The number of hydrogen-bond donors (Lipinski definition) is 2. The van der Waals surface area contributed by atoms with Crippen molar-refractivity contribution in [3.8, 4) is 0 Å². The van der Waals surface area contributed by atoms with Gasteiger partial charge in [-0.05, 0) is 64.3 Å². The van der Waals surface area contributed by atoms with Gasteiger partial charge in [-0.1, -0.05) is 19.6 Å². The maximum Gasteiger partial charge on any atom is 0.407 e. The van der Waals surface area contributed by atoms with Gasteiger partial charge in [0.25, 0.3) is 5.91 Å². The lowest BCUT2D eigenvalue weighted by Crippen LogP contribution is -2.50. The van der Waals surface area contributed by atoms with Gasteiger partial charge in [0.2, 0.25) is 5.91 Å². The number of aryl methyl sites for hydroxylation is 1. The van der Waals surface area contributed by atoms with Gasteiger partial charge in [-0.15, -0.1) is 0 Å². The average molecular weight is 574 g/mol. The second-order valence-electron chi connectivity index (χ2n) is 13.1. The number of nitrogens with one attached hydrogen (secondary N) is 2. The highest BCUT2D eigenvalue weighted by atomic mass is 28.3. The Balaban J connectivity index is 1.42. The van der Waals surface area contributed by atoms with Crippen molar-refractivity contribution in [1.82, 2.24) is 19.4 Å². The molecule has 11 nitrogen and oxygen atoms in total. The van der Waals surface area contributed by atoms with Crippen LogP contribution in [0, 0.1) is 0 Å². The number of ether oxygens (including phenoxy) is 2. The number of rotatable bonds is 9. The predicted octanol–water partition coefficient (Wildman–Crippen LogP) is 3.81. The highest BCUT2D eigenvalue weighted by Gasteiger charge is 2.38. The molecule has 1 saturated carbocycles. The maximum atomic E-state index is 13.4. The summed E-state index contributed by atoms with van der Waals surface area (Å²) in [7, 11) is 0.385. The van der Waals surface area contributed by atoms with Crippen LogP contribution in [0.15, 0.2) is 23.0 Å². The molecule has 1 aromatic carbocycles. The Hall–Kier alpha value is -3.12. The molecule has 0 radical (unpaired) electrons. The number of aromatic nitrogens is 2. The van der Waals surface area contributed by atoms with Crippen LogP contribution in [0.3, 0.4) is 0 Å². The van der Waals surface area contributed by atoms with Gasteiger partial charge in [-0.2, -0.15) is 0 Å². The first-order valence-electron chi connectivity index (χ1n) is 14.0. The number of hydrogen-bond acceptors (Lipinski definition) is 7. The molecule has 1 aliphatic carbocycles. The normalized spacial score (nSPS) is 21.9. The van der Waals surface area contributed by atoms with Gasteiger partial charge in [0, 0.05) is 45.9 Å². The molecule has 1 unspecified atom stereocenters. The molecule has 0 bridgehead atoms. The van der Waals surface area contributed by atoms with E-state index in [-0.39, 0.29) is 43.3 Å². The fraction of sp³-hybridized carbons (Fsp3) is 0.643. The molecular formula is C28H43N5O6Si. The number of amides is 3. The van der Waals surface area contributed by atoms with Gasteiger partial charge in [0.15, 0.2) is 0 Å². The van der Waals surface area contributed by atoms with Crippen LogP contribution in [0.1, 0.15) is 52.5 Å². The number of fused-ring (bicyclic) bond motifs is 1. The van der Waals surface area contributed by atoms with E-state index >= 15 is 0 Å². The Labute approximate surface area is 236 Å². The third kappa shape index (κ3) is 6.95. The molecule has 1 aromatic heterocycles. The molecule has 1 saturated heterocycles. The van der Waals surface area contributed by atoms with Gasteiger partial charge < -0.3 is 20.1 Å². The summed E-state index contributed by atoms with van der Waals surface area (Å²) in [4.78, 5) is 52.4. The Kier molecular flexibility index (Phi) is 8.51. The summed E-state index contributed by atoms with van der Waals surface area (Å²) >= 11 is 0. The Morgan fingerprint density at radius 1 is 1.07 bits per heavy atom. The molecule has 40 heavy (non-hydrogen) atoms. The first-order valence-corrected chi connectivity index (χ1v) is 17.7. The lowest BCUT2D eigenvalue weighted by atomic mass is 9.86. The van der Waals surface area contributed by atoms with Crippen LogP contribution < -0.4 is 16.3 Å². The molecule has 0 spiro atoms. The molecular weight excluding hydrogens is 530 g/mol. The monoisotopic (exact) mass is 573 g/mol. The Morgan fingerprint density at radius 3 is 2.42 bits per heavy atom. The second-order valence-corrected chi connectivity index (χ2v) is 18.8. The number of piperidine rings is 1. The Bertz CT molecular complexity index is 1330. The summed E-state index contributed by atoms with van der Waals surface area (Å²) < 4.78 is 14.1. The van der Waals surface area contributed by atoms with Crippen LogP contribution in [0.2, 0.25) is 25.7 Å². The molecule has 2 aromatic rings. The van der Waals surface area contributed by atoms with Crippen molar-refractivity contribution < 1.29 is 23.9 Å². The number of carbonyl (C=O) groups excluding carboxylic acids is 3. The highest BCUT2D eigenvalue weighted by molar-refractivity contribution is 6.76. The lowest BCUT2D eigenvalue weighted by molar-refractivity contribution is -0.157. The second kappa shape index (κ2) is 11.4. The van der Waals surface area contributed by atoms with E-state index < -0.39 is 31.7 Å². The number of likely N-dealkylation sites (tertiary alicyclic amines) is 1. The largest absolute Gasteiger partial charge is 0.444 e. The predicted molar refractivity (Wildman–Crippen MR) is 156 cm³/mol. The van der Waals surface area contributed by atoms with Crippen LogP contribution in [-0.4, -0.2) is 71.0 Å². The number of carbonyl (C=O) groups is 3. The minimum absolute atomic E-state index is 0.0454. The fourth-order valence-corrected chi connectivity index (χ4v) is 5.81. The van der Waals surface area contributed by atoms with Gasteiger partial charge in [0.1, 0.15) is 18.4 Å². The van der Waals surface area contributed by atoms with Crippen molar-refractivity contribution >= 4 is 42.7 Å². The summed E-state index contributed by atoms with van der Waals surface area (Å²) in [5, 5.41) is 6.36. The van der Waals surface area contributed by atoms with E-state index in [4.69, 9.17) is 9.47 Å². The first-order chi connectivity index (χ1) is 18.6. The third-order valence-corrected chi connectivity index (χ3v) is 9.04. The summed E-state index contributed by atoms with van der Waals surface area (Å²) in [6.07, 6.45) is 1.56. The van der Waals surface area contributed by atoms with E-state index in [9.17, 15) is 19.2 Å². The topological polar surface area (TPSA) is 124 Å². The number of alkyl carbamates (subject to hydrolysis) is 1. The van der Waals surface area contributed by atoms with Crippen LogP contribution in [-0.2, 0) is 26.1 Å². The molecule has 1 aliphatic heterocycles. The smallest absolute Gasteiger partial charge is 0.407 e. The van der Waals surface area contributed by atoms with Gasteiger partial charge in [0.05, 0.1) is 11.0 Å². The van der Waals surface area contributed by atoms with E-state index in [0.29, 0.717) is 17.6 Å². The molecule has 2 heterocycles. The third-order valence-electron chi connectivity index (χ3n) is 7.33. The molecule has 220 valence electrons. The molecule has 2 fully saturated rings. The number of benzene rings is 1. The lowest BCUT2D eigenvalue weighted by Gasteiger charge is -2.37. The molecule has 4 rings (SSSR count). The zero-order valence-electron chi connectivity index (χ0n) is 24.7. The number of nitrogens with zero attached hydrogens (tertiary/aromatic N) is 3. The van der Waals surface area contributed by atoms with Crippen LogP contribution in [0.5, 0.6) is 0 Å². The summed E-state index contributed by atoms with van der Waals surface area (Å²) in [5.41, 5.74) is 1.35. The van der Waals surface area contributed by atoms with Crippen molar-refractivity contribution in [2.24, 2.45) is 7.05 Å². The van der Waals surface area contributed by atoms with Crippen LogP contribution in [0.4, 0.5) is 10.5 Å². The number of imide groups is 1.